The van der Waals surface area contributed by atoms with Gasteiger partial charge in [-0.25, -0.2) is 0 Å². The Hall–Kier alpha value is -2.06. The van der Waals surface area contributed by atoms with E-state index in [0.29, 0.717) is 12.3 Å². The molecule has 2 rings (SSSR count). The number of amides is 1. The van der Waals surface area contributed by atoms with E-state index in [2.05, 4.69) is 5.32 Å². The number of furan rings is 1. The number of carbonyl (C=O) groups is 1. The first kappa shape index (κ1) is 12.4. The van der Waals surface area contributed by atoms with Crippen LogP contribution in [0.1, 0.15) is 18.6 Å². The van der Waals surface area contributed by atoms with Crippen molar-refractivity contribution in [3.05, 3.63) is 29.7 Å². The topological polar surface area (TPSA) is 75.3 Å². The second kappa shape index (κ2) is 6.03. The molecule has 0 aliphatic carbocycles. The fourth-order valence-corrected chi connectivity index (χ4v) is 1.77. The molecule has 5 nitrogen and oxygen atoms in total. The molecule has 1 atom stereocenters. The van der Waals surface area contributed by atoms with Crippen LogP contribution in [0.5, 0.6) is 0 Å². The first-order valence-electron chi connectivity index (χ1n) is 5.84. The zero-order chi connectivity index (χ0) is 12.8. The summed E-state index contributed by atoms with van der Waals surface area (Å²) in [6.07, 6.45) is 4.95. The Bertz CT molecular complexity index is 465. The summed E-state index contributed by atoms with van der Waals surface area (Å²) in [7, 11) is 0. The minimum Gasteiger partial charge on any atom is -0.465 e. The molecule has 1 fully saturated rings. The molecule has 1 saturated heterocycles. The predicted molar refractivity (Wildman–Crippen MR) is 64.3 cm³/mol. The van der Waals surface area contributed by atoms with Crippen LogP contribution in [0, 0.1) is 11.3 Å². The molecule has 0 unspecified atom stereocenters. The summed E-state index contributed by atoms with van der Waals surface area (Å²) in [5.41, 5.74) is 0.0305. The van der Waals surface area contributed by atoms with Crippen molar-refractivity contribution in [3.63, 3.8) is 0 Å². The molecule has 1 aromatic heterocycles. The summed E-state index contributed by atoms with van der Waals surface area (Å²) in [6.45, 7) is 1.18. The maximum Gasteiger partial charge on any atom is 0.262 e. The fraction of sp³-hybridized carbons (Fsp3) is 0.385. The first-order valence-corrected chi connectivity index (χ1v) is 5.84. The van der Waals surface area contributed by atoms with Gasteiger partial charge in [-0.3, -0.25) is 4.79 Å². The summed E-state index contributed by atoms with van der Waals surface area (Å²) in [5, 5.41) is 11.6. The summed E-state index contributed by atoms with van der Waals surface area (Å²) in [4.78, 5) is 11.8. The van der Waals surface area contributed by atoms with Crippen molar-refractivity contribution in [2.75, 3.05) is 13.2 Å². The minimum atomic E-state index is -0.399. The summed E-state index contributed by atoms with van der Waals surface area (Å²) in [6, 6.07) is 5.25. The first-order chi connectivity index (χ1) is 8.79. The van der Waals surface area contributed by atoms with Crippen molar-refractivity contribution in [2.24, 2.45) is 0 Å². The molecule has 94 valence electrons. The zero-order valence-corrected chi connectivity index (χ0v) is 9.89. The van der Waals surface area contributed by atoms with E-state index in [1.54, 1.807) is 12.1 Å². The highest BCUT2D eigenvalue weighted by molar-refractivity contribution is 6.01. The van der Waals surface area contributed by atoms with Gasteiger partial charge in [0.05, 0.1) is 12.4 Å². The van der Waals surface area contributed by atoms with Crippen LogP contribution in [-0.4, -0.2) is 25.2 Å². The minimum absolute atomic E-state index is 0.0305. The third kappa shape index (κ3) is 3.22. The lowest BCUT2D eigenvalue weighted by Crippen LogP contribution is -2.32. The van der Waals surface area contributed by atoms with Gasteiger partial charge in [0.1, 0.15) is 17.4 Å². The Balaban J connectivity index is 1.91. The highest BCUT2D eigenvalue weighted by Crippen LogP contribution is 2.11. The van der Waals surface area contributed by atoms with Crippen molar-refractivity contribution in [1.29, 1.82) is 5.26 Å². The van der Waals surface area contributed by atoms with Crippen LogP contribution in [0.25, 0.3) is 6.08 Å². The Morgan fingerprint density at radius 2 is 2.56 bits per heavy atom. The van der Waals surface area contributed by atoms with Crippen LogP contribution in [-0.2, 0) is 9.53 Å². The molecule has 0 bridgehead atoms. The maximum absolute atomic E-state index is 11.8. The highest BCUT2D eigenvalue weighted by atomic mass is 16.5. The molecule has 1 amide bonds. The molecule has 1 N–H and O–H groups in total. The number of rotatable bonds is 4. The van der Waals surface area contributed by atoms with Gasteiger partial charge >= 0.3 is 0 Å². The van der Waals surface area contributed by atoms with Crippen LogP contribution < -0.4 is 5.32 Å². The predicted octanol–water partition coefficient (Wildman–Crippen LogP) is 1.48. The van der Waals surface area contributed by atoms with E-state index >= 15 is 0 Å². The Morgan fingerprint density at radius 3 is 3.17 bits per heavy atom. The van der Waals surface area contributed by atoms with E-state index in [1.807, 2.05) is 6.07 Å². The number of nitrogens with zero attached hydrogens (tertiary/aromatic N) is 1. The average molecular weight is 246 g/mol. The van der Waals surface area contributed by atoms with Crippen molar-refractivity contribution >= 4 is 12.0 Å². The molecule has 18 heavy (non-hydrogen) atoms. The number of carbonyl (C=O) groups excluding carboxylic acids is 1. The van der Waals surface area contributed by atoms with Crippen LogP contribution >= 0.6 is 0 Å². The fourth-order valence-electron chi connectivity index (χ4n) is 1.77. The van der Waals surface area contributed by atoms with Crippen molar-refractivity contribution in [1.82, 2.24) is 5.32 Å². The standard InChI is InChI=1S/C13H14N2O3/c14-8-10(7-11-3-1-5-17-11)13(16)15-9-12-4-2-6-18-12/h1,3,5,7,12H,2,4,6,9H2,(H,15,16)/b10-7+/t12-/m0/s1. The normalized spacial score (nSPS) is 19.5. The summed E-state index contributed by atoms with van der Waals surface area (Å²) < 4.78 is 10.4. The Labute approximate surface area is 105 Å². The molecular formula is C13H14N2O3. The van der Waals surface area contributed by atoms with Gasteiger partial charge in [0.15, 0.2) is 0 Å². The van der Waals surface area contributed by atoms with E-state index in [-0.39, 0.29) is 11.7 Å². The molecule has 0 saturated carbocycles. The molecule has 0 aromatic carbocycles. The zero-order valence-electron chi connectivity index (χ0n) is 9.89. The average Bonchev–Trinajstić information content (AvgIpc) is 3.06. The van der Waals surface area contributed by atoms with Gasteiger partial charge in [-0.2, -0.15) is 5.26 Å². The van der Waals surface area contributed by atoms with Crippen molar-refractivity contribution < 1.29 is 13.9 Å². The maximum atomic E-state index is 11.8. The van der Waals surface area contributed by atoms with Gasteiger partial charge in [0.25, 0.3) is 5.91 Å². The number of hydrogen-bond donors (Lipinski definition) is 1. The van der Waals surface area contributed by atoms with Gasteiger partial charge in [0, 0.05) is 19.2 Å². The van der Waals surface area contributed by atoms with E-state index in [1.165, 1.54) is 12.3 Å². The molecule has 0 radical (unpaired) electrons. The van der Waals surface area contributed by atoms with E-state index in [0.717, 1.165) is 19.4 Å². The van der Waals surface area contributed by atoms with Gasteiger partial charge in [-0.15, -0.1) is 0 Å². The van der Waals surface area contributed by atoms with Gasteiger partial charge in [-0.1, -0.05) is 0 Å². The third-order valence-corrected chi connectivity index (χ3v) is 2.71. The number of hydrogen-bond acceptors (Lipinski definition) is 4. The molecule has 2 heterocycles. The quantitative estimate of drug-likeness (QED) is 0.645. The Morgan fingerprint density at radius 1 is 1.67 bits per heavy atom. The lowest BCUT2D eigenvalue weighted by molar-refractivity contribution is -0.117. The second-order valence-corrected chi connectivity index (χ2v) is 4.03. The smallest absolute Gasteiger partial charge is 0.262 e. The Kier molecular flexibility index (Phi) is 4.15. The van der Waals surface area contributed by atoms with Crippen molar-refractivity contribution in [2.45, 2.75) is 18.9 Å². The van der Waals surface area contributed by atoms with Crippen molar-refractivity contribution in [3.8, 4) is 6.07 Å². The lowest BCUT2D eigenvalue weighted by atomic mass is 10.2. The van der Waals surface area contributed by atoms with Gasteiger partial charge in [-0.05, 0) is 25.0 Å². The number of ether oxygens (including phenoxy) is 1. The van der Waals surface area contributed by atoms with Gasteiger partial charge < -0.3 is 14.5 Å². The monoisotopic (exact) mass is 246 g/mol. The highest BCUT2D eigenvalue weighted by Gasteiger charge is 2.17. The van der Waals surface area contributed by atoms with E-state index in [4.69, 9.17) is 14.4 Å². The lowest BCUT2D eigenvalue weighted by Gasteiger charge is -2.09. The summed E-state index contributed by atoms with van der Waals surface area (Å²) >= 11 is 0. The molecule has 1 aliphatic rings. The molecule has 1 aromatic rings. The number of nitrogens with one attached hydrogen (secondary N) is 1. The largest absolute Gasteiger partial charge is 0.465 e. The molecule has 1 aliphatic heterocycles. The third-order valence-electron chi connectivity index (χ3n) is 2.71. The van der Waals surface area contributed by atoms with Crippen LogP contribution in [0.2, 0.25) is 0 Å². The SMILES string of the molecule is N#C/C(=C\c1ccco1)C(=O)NC[C@@H]1CCCO1. The van der Waals surface area contributed by atoms with Crippen LogP contribution in [0.3, 0.4) is 0 Å². The summed E-state index contributed by atoms with van der Waals surface area (Å²) in [5.74, 6) is 0.0863. The van der Waals surface area contributed by atoms with E-state index < -0.39 is 5.91 Å². The van der Waals surface area contributed by atoms with Crippen LogP contribution in [0.4, 0.5) is 0 Å². The molecule has 0 spiro atoms. The van der Waals surface area contributed by atoms with Gasteiger partial charge in [0.2, 0.25) is 0 Å². The molecule has 5 heteroatoms. The molecular weight excluding hydrogens is 232 g/mol. The number of nitriles is 1. The second-order valence-electron chi connectivity index (χ2n) is 4.03. The van der Waals surface area contributed by atoms with Crippen LogP contribution in [0.15, 0.2) is 28.4 Å². The van der Waals surface area contributed by atoms with E-state index in [9.17, 15) is 4.79 Å².